The summed E-state index contributed by atoms with van der Waals surface area (Å²) in [5, 5.41) is 0. The fourth-order valence-electron chi connectivity index (χ4n) is 9.27. The van der Waals surface area contributed by atoms with E-state index in [1.807, 2.05) is 0 Å². The highest BCUT2D eigenvalue weighted by atomic mass is 16.6. The second-order valence-electron chi connectivity index (χ2n) is 21.6. The highest BCUT2D eigenvalue weighted by Gasteiger charge is 2.19. The normalized spacial score (nSPS) is 12.6. The zero-order valence-corrected chi connectivity index (χ0v) is 50.3. The van der Waals surface area contributed by atoms with Crippen LogP contribution in [0.25, 0.3) is 0 Å². The Labute approximate surface area is 471 Å². The first-order valence-corrected chi connectivity index (χ1v) is 32.6. The van der Waals surface area contributed by atoms with E-state index < -0.39 is 6.10 Å². The Bertz CT molecular complexity index is 1450. The average Bonchev–Trinajstić information content (AvgIpc) is 3.42. The van der Waals surface area contributed by atoms with Gasteiger partial charge in [-0.05, 0) is 96.3 Å². The minimum atomic E-state index is -0.788. The molecule has 0 saturated heterocycles. The number of unbranched alkanes of at least 4 members (excludes halogenated alkanes) is 34. The maximum absolute atomic E-state index is 12.9. The number of rotatable bonds is 59. The summed E-state index contributed by atoms with van der Waals surface area (Å²) in [4.78, 5) is 38.4. The van der Waals surface area contributed by atoms with E-state index in [1.165, 1.54) is 167 Å². The molecule has 0 aromatic heterocycles. The van der Waals surface area contributed by atoms with Crippen LogP contribution in [0.5, 0.6) is 0 Å². The molecule has 76 heavy (non-hydrogen) atoms. The fourth-order valence-corrected chi connectivity index (χ4v) is 9.27. The van der Waals surface area contributed by atoms with Crippen molar-refractivity contribution < 1.29 is 28.6 Å². The summed E-state index contributed by atoms with van der Waals surface area (Å²) in [6, 6.07) is 0. The molecule has 0 spiro atoms. The van der Waals surface area contributed by atoms with Gasteiger partial charge in [0.1, 0.15) is 13.2 Å². The fraction of sp³-hybridized carbons (Fsp3) is 0.757. The molecule has 0 amide bonds. The molecular weight excluding hydrogens is 937 g/mol. The number of hydrogen-bond donors (Lipinski definition) is 0. The van der Waals surface area contributed by atoms with Crippen molar-refractivity contribution in [1.82, 2.24) is 0 Å². The maximum Gasteiger partial charge on any atom is 0.306 e. The molecule has 0 fully saturated rings. The van der Waals surface area contributed by atoms with Crippen LogP contribution in [0, 0.1) is 0 Å². The van der Waals surface area contributed by atoms with Gasteiger partial charge in [0.15, 0.2) is 6.10 Å². The standard InChI is InChI=1S/C70H122O6/c1-4-7-10-13-16-19-22-25-28-31-33-35-37-39-42-45-48-51-54-57-60-63-69(72)75-66-67(65-74-68(71)62-59-56-53-50-47-44-41-30-27-24-21-18-15-12-9-6-3)76-70(73)64-61-58-55-52-49-46-43-40-38-36-34-32-29-26-23-20-17-14-11-8-5-2/h7,10,16,19,23,25-26,28,32-35,39,42,67H,4-6,8-9,11-15,17-18,20-22,24,27,29-31,36-38,40-41,43-66H2,1-3H3/b10-7-,19-16-,26-23-,28-25-,34-32-,35-33-,42-39-. The summed E-state index contributed by atoms with van der Waals surface area (Å²) in [6.45, 7) is 6.54. The van der Waals surface area contributed by atoms with E-state index >= 15 is 0 Å². The molecule has 0 saturated carbocycles. The van der Waals surface area contributed by atoms with E-state index in [0.29, 0.717) is 19.3 Å². The van der Waals surface area contributed by atoms with Gasteiger partial charge in [-0.1, -0.05) is 292 Å². The highest BCUT2D eigenvalue weighted by Crippen LogP contribution is 2.17. The van der Waals surface area contributed by atoms with Crippen molar-refractivity contribution in [3.8, 4) is 0 Å². The van der Waals surface area contributed by atoms with Gasteiger partial charge in [-0.3, -0.25) is 14.4 Å². The van der Waals surface area contributed by atoms with E-state index in [0.717, 1.165) is 116 Å². The number of ether oxygens (including phenoxy) is 3. The van der Waals surface area contributed by atoms with Gasteiger partial charge in [-0.2, -0.15) is 0 Å². The largest absolute Gasteiger partial charge is 0.462 e. The molecule has 0 bridgehead atoms. The number of carbonyl (C=O) groups excluding carboxylic acids is 3. The van der Waals surface area contributed by atoms with Crippen molar-refractivity contribution >= 4 is 17.9 Å². The van der Waals surface area contributed by atoms with Gasteiger partial charge in [0, 0.05) is 19.3 Å². The first-order valence-electron chi connectivity index (χ1n) is 32.6. The van der Waals surface area contributed by atoms with Crippen LogP contribution in [-0.2, 0) is 28.6 Å². The molecule has 0 aromatic rings. The van der Waals surface area contributed by atoms with E-state index in [9.17, 15) is 14.4 Å². The summed E-state index contributed by atoms with van der Waals surface area (Å²) < 4.78 is 16.9. The van der Waals surface area contributed by atoms with Crippen LogP contribution in [0.2, 0.25) is 0 Å². The third kappa shape index (κ3) is 61.4. The first kappa shape index (κ1) is 72.6. The second kappa shape index (κ2) is 64.1. The van der Waals surface area contributed by atoms with Crippen molar-refractivity contribution in [3.05, 3.63) is 85.1 Å². The predicted octanol–water partition coefficient (Wildman–Crippen LogP) is 22.3. The predicted molar refractivity (Wildman–Crippen MR) is 330 cm³/mol. The lowest BCUT2D eigenvalue weighted by Gasteiger charge is -2.18. The molecule has 0 aromatic carbocycles. The van der Waals surface area contributed by atoms with Gasteiger partial charge in [-0.15, -0.1) is 0 Å². The van der Waals surface area contributed by atoms with Crippen molar-refractivity contribution in [1.29, 1.82) is 0 Å². The number of esters is 3. The molecule has 0 rings (SSSR count). The van der Waals surface area contributed by atoms with Gasteiger partial charge in [0.25, 0.3) is 0 Å². The lowest BCUT2D eigenvalue weighted by atomic mass is 10.0. The molecule has 6 nitrogen and oxygen atoms in total. The van der Waals surface area contributed by atoms with Crippen LogP contribution in [0.3, 0.4) is 0 Å². The first-order chi connectivity index (χ1) is 37.5. The van der Waals surface area contributed by atoms with E-state index in [2.05, 4.69) is 106 Å². The van der Waals surface area contributed by atoms with Gasteiger partial charge in [0.05, 0.1) is 0 Å². The molecule has 1 atom stereocenters. The van der Waals surface area contributed by atoms with Crippen molar-refractivity contribution in [3.63, 3.8) is 0 Å². The SMILES string of the molecule is CC/C=C\C/C=C\C/C=C\C/C=C\C/C=C\CCCCCCCC(=O)OCC(COC(=O)CCCCCCCCCCCCCCCCCC)OC(=O)CCCCCCCCCCC/C=C\C/C=C\CCCCCCC. The second-order valence-corrected chi connectivity index (χ2v) is 21.6. The molecule has 438 valence electrons. The van der Waals surface area contributed by atoms with Crippen LogP contribution in [0.1, 0.15) is 323 Å². The van der Waals surface area contributed by atoms with Crippen LogP contribution < -0.4 is 0 Å². The lowest BCUT2D eigenvalue weighted by molar-refractivity contribution is -0.167. The molecule has 0 radical (unpaired) electrons. The maximum atomic E-state index is 12.9. The Balaban J connectivity index is 4.41. The topological polar surface area (TPSA) is 78.9 Å². The van der Waals surface area contributed by atoms with Crippen molar-refractivity contribution in [2.24, 2.45) is 0 Å². The van der Waals surface area contributed by atoms with Gasteiger partial charge < -0.3 is 14.2 Å². The highest BCUT2D eigenvalue weighted by molar-refractivity contribution is 5.71. The van der Waals surface area contributed by atoms with Crippen LogP contribution in [0.15, 0.2) is 85.1 Å². The molecule has 0 aliphatic carbocycles. The Hall–Kier alpha value is -3.41. The van der Waals surface area contributed by atoms with E-state index in [-0.39, 0.29) is 31.1 Å². The molecule has 1 unspecified atom stereocenters. The zero-order valence-electron chi connectivity index (χ0n) is 50.3. The smallest absolute Gasteiger partial charge is 0.306 e. The molecule has 0 aliphatic heterocycles. The quantitative estimate of drug-likeness (QED) is 0.0261. The summed E-state index contributed by atoms with van der Waals surface area (Å²) in [5.41, 5.74) is 0. The third-order valence-corrected chi connectivity index (χ3v) is 14.1. The molecule has 0 heterocycles. The van der Waals surface area contributed by atoms with Gasteiger partial charge >= 0.3 is 17.9 Å². The number of allylic oxidation sites excluding steroid dienone is 14. The van der Waals surface area contributed by atoms with Crippen molar-refractivity contribution in [2.45, 2.75) is 329 Å². The lowest BCUT2D eigenvalue weighted by Crippen LogP contribution is -2.30. The summed E-state index contributed by atoms with van der Waals surface area (Å²) in [6.07, 6.45) is 84.4. The minimum Gasteiger partial charge on any atom is -0.462 e. The molecule has 0 N–H and O–H groups in total. The van der Waals surface area contributed by atoms with Crippen molar-refractivity contribution in [2.75, 3.05) is 13.2 Å². The van der Waals surface area contributed by atoms with Crippen LogP contribution >= 0.6 is 0 Å². The van der Waals surface area contributed by atoms with Crippen LogP contribution in [0.4, 0.5) is 0 Å². The Morgan fingerprint density at radius 1 is 0.276 bits per heavy atom. The summed E-state index contributed by atoms with van der Waals surface area (Å²) in [7, 11) is 0. The Morgan fingerprint density at radius 3 is 0.803 bits per heavy atom. The zero-order chi connectivity index (χ0) is 55.0. The Kier molecular flexibility index (Phi) is 61.2. The van der Waals surface area contributed by atoms with Crippen LogP contribution in [-0.4, -0.2) is 37.2 Å². The molecule has 0 aliphatic rings. The molecule has 6 heteroatoms. The minimum absolute atomic E-state index is 0.0818. The third-order valence-electron chi connectivity index (χ3n) is 14.1. The molecular formula is C70H122O6. The summed E-state index contributed by atoms with van der Waals surface area (Å²) >= 11 is 0. The van der Waals surface area contributed by atoms with E-state index in [4.69, 9.17) is 14.2 Å². The monoisotopic (exact) mass is 1060 g/mol. The average molecular weight is 1060 g/mol. The van der Waals surface area contributed by atoms with E-state index in [1.54, 1.807) is 0 Å². The number of hydrogen-bond acceptors (Lipinski definition) is 6. The van der Waals surface area contributed by atoms with Gasteiger partial charge in [-0.25, -0.2) is 0 Å². The summed E-state index contributed by atoms with van der Waals surface area (Å²) in [5.74, 6) is -0.890. The number of carbonyl (C=O) groups is 3. The van der Waals surface area contributed by atoms with Gasteiger partial charge in [0.2, 0.25) is 0 Å². The Morgan fingerprint density at radius 2 is 0.513 bits per heavy atom.